The minimum absolute atomic E-state index is 0.000811. The molecule has 0 aromatic heterocycles. The van der Waals surface area contributed by atoms with Crippen LogP contribution in [0.5, 0.6) is 0 Å². The van der Waals surface area contributed by atoms with Crippen molar-refractivity contribution in [3.05, 3.63) is 52.0 Å². The number of nitrogens with zero attached hydrogens (tertiary/aromatic N) is 1. The molecule has 2 aromatic rings. The Morgan fingerprint density at radius 1 is 1.06 bits per heavy atom. The zero-order chi connectivity index (χ0) is 23.0. The van der Waals surface area contributed by atoms with Gasteiger partial charge in [0.15, 0.2) is 0 Å². The highest BCUT2D eigenvalue weighted by Crippen LogP contribution is 2.31. The summed E-state index contributed by atoms with van der Waals surface area (Å²) in [7, 11) is -3.94. The Balaban J connectivity index is 1.88. The van der Waals surface area contributed by atoms with E-state index in [1.165, 1.54) is 18.2 Å². The molecule has 0 saturated carbocycles. The number of sulfonamides is 1. The van der Waals surface area contributed by atoms with Gasteiger partial charge >= 0.3 is 0 Å². The normalized spacial score (nSPS) is 14.7. The van der Waals surface area contributed by atoms with E-state index in [-0.39, 0.29) is 21.4 Å². The van der Waals surface area contributed by atoms with E-state index in [0.717, 1.165) is 6.42 Å². The molecule has 0 aliphatic carbocycles. The van der Waals surface area contributed by atoms with Crippen molar-refractivity contribution in [2.45, 2.75) is 44.0 Å². The van der Waals surface area contributed by atoms with E-state index in [9.17, 15) is 18.0 Å². The van der Waals surface area contributed by atoms with Crippen molar-refractivity contribution < 1.29 is 18.0 Å². The number of carbonyl (C=O) groups excluding carboxylic acids is 2. The highest BCUT2D eigenvalue weighted by molar-refractivity contribution is 7.89. The molecule has 2 aromatic carbocycles. The second kappa shape index (κ2) is 8.78. The monoisotopic (exact) mass is 483 g/mol. The van der Waals surface area contributed by atoms with Crippen molar-refractivity contribution in [3.63, 3.8) is 0 Å². The maximum absolute atomic E-state index is 12.8. The fourth-order valence-corrected chi connectivity index (χ4v) is 5.31. The van der Waals surface area contributed by atoms with Crippen LogP contribution in [-0.2, 0) is 14.8 Å². The van der Waals surface area contributed by atoms with Gasteiger partial charge in [0, 0.05) is 29.8 Å². The van der Waals surface area contributed by atoms with Crippen molar-refractivity contribution in [2.24, 2.45) is 0 Å². The molecule has 1 aliphatic rings. The molecule has 2 amide bonds. The molecule has 166 valence electrons. The fraction of sp³-hybridized carbons (Fsp3) is 0.333. The number of anilines is 2. The van der Waals surface area contributed by atoms with Crippen LogP contribution in [0.3, 0.4) is 0 Å². The third kappa shape index (κ3) is 5.57. The summed E-state index contributed by atoms with van der Waals surface area (Å²) in [4.78, 5) is 26.3. The smallest absolute Gasteiger partial charge is 0.255 e. The average Bonchev–Trinajstić information content (AvgIpc) is 3.07. The second-order valence-electron chi connectivity index (χ2n) is 8.27. The predicted octanol–water partition coefficient (Wildman–Crippen LogP) is 4.45. The predicted molar refractivity (Wildman–Crippen MR) is 123 cm³/mol. The number of carbonyl (C=O) groups is 2. The van der Waals surface area contributed by atoms with Crippen LogP contribution in [0.15, 0.2) is 41.3 Å². The van der Waals surface area contributed by atoms with Crippen molar-refractivity contribution in [2.75, 3.05) is 16.8 Å². The lowest BCUT2D eigenvalue weighted by atomic mass is 10.1. The summed E-state index contributed by atoms with van der Waals surface area (Å²) in [6.07, 6.45) is 1.25. The summed E-state index contributed by atoms with van der Waals surface area (Å²) in [6, 6.07) is 8.94. The van der Waals surface area contributed by atoms with E-state index in [0.29, 0.717) is 29.4 Å². The molecule has 0 spiro atoms. The largest absolute Gasteiger partial charge is 0.321 e. The van der Waals surface area contributed by atoms with Crippen LogP contribution in [0.25, 0.3) is 0 Å². The van der Waals surface area contributed by atoms with Gasteiger partial charge in [-0.2, -0.15) is 0 Å². The Morgan fingerprint density at radius 2 is 1.74 bits per heavy atom. The lowest BCUT2D eigenvalue weighted by Crippen LogP contribution is -2.40. The van der Waals surface area contributed by atoms with Gasteiger partial charge in [-0.3, -0.25) is 9.59 Å². The zero-order valence-corrected chi connectivity index (χ0v) is 19.7. The van der Waals surface area contributed by atoms with Gasteiger partial charge < -0.3 is 10.2 Å². The summed E-state index contributed by atoms with van der Waals surface area (Å²) in [6.45, 7) is 5.71. The first kappa shape index (κ1) is 23.5. The van der Waals surface area contributed by atoms with Crippen LogP contribution in [0, 0.1) is 0 Å². The standard InChI is InChI=1S/C21H23Cl2N3O4S/c1-21(2,3)25-31(29,30)18-11-13(6-8-16(18)23)20(28)24-17-12-14(7-9-15(17)22)26-10-4-5-19(26)27/h6-9,11-12,25H,4-5,10H2,1-3H3,(H,24,28). The molecular formula is C21H23Cl2N3O4S. The van der Waals surface area contributed by atoms with Crippen LogP contribution >= 0.6 is 23.2 Å². The van der Waals surface area contributed by atoms with Crippen molar-refractivity contribution in [3.8, 4) is 0 Å². The first-order chi connectivity index (χ1) is 14.4. The number of hydrogen-bond donors (Lipinski definition) is 2. The summed E-state index contributed by atoms with van der Waals surface area (Å²) in [5.41, 5.74) is 0.325. The maximum Gasteiger partial charge on any atom is 0.255 e. The number of halogens is 2. The summed E-state index contributed by atoms with van der Waals surface area (Å²) in [5, 5.41) is 2.98. The SMILES string of the molecule is CC(C)(C)NS(=O)(=O)c1cc(C(=O)Nc2cc(N3CCCC3=O)ccc2Cl)ccc1Cl. The molecule has 1 saturated heterocycles. The molecule has 0 radical (unpaired) electrons. The van der Waals surface area contributed by atoms with Crippen LogP contribution in [-0.4, -0.2) is 32.3 Å². The Bertz CT molecular complexity index is 1140. The molecule has 1 fully saturated rings. The van der Waals surface area contributed by atoms with E-state index < -0.39 is 21.5 Å². The molecular weight excluding hydrogens is 461 g/mol. The molecule has 3 rings (SSSR count). The van der Waals surface area contributed by atoms with E-state index in [1.54, 1.807) is 43.9 Å². The van der Waals surface area contributed by atoms with Gasteiger partial charge in [-0.1, -0.05) is 23.2 Å². The average molecular weight is 484 g/mol. The lowest BCUT2D eigenvalue weighted by Gasteiger charge is -2.21. The molecule has 1 aliphatic heterocycles. The number of hydrogen-bond acceptors (Lipinski definition) is 4. The van der Waals surface area contributed by atoms with Crippen LogP contribution in [0.2, 0.25) is 10.0 Å². The molecule has 31 heavy (non-hydrogen) atoms. The maximum atomic E-state index is 12.8. The van der Waals surface area contributed by atoms with E-state index >= 15 is 0 Å². The van der Waals surface area contributed by atoms with Gasteiger partial charge in [-0.25, -0.2) is 13.1 Å². The third-order valence-electron chi connectivity index (χ3n) is 4.51. The summed E-state index contributed by atoms with van der Waals surface area (Å²) in [5.74, 6) is -0.547. The van der Waals surface area contributed by atoms with Crippen molar-refractivity contribution in [1.29, 1.82) is 0 Å². The third-order valence-corrected chi connectivity index (χ3v) is 7.08. The molecule has 0 atom stereocenters. The van der Waals surface area contributed by atoms with Gasteiger partial charge in [0.25, 0.3) is 5.91 Å². The van der Waals surface area contributed by atoms with Crippen LogP contribution < -0.4 is 14.9 Å². The number of nitrogens with one attached hydrogen (secondary N) is 2. The quantitative estimate of drug-likeness (QED) is 0.656. The van der Waals surface area contributed by atoms with E-state index in [2.05, 4.69) is 10.0 Å². The topological polar surface area (TPSA) is 95.6 Å². The van der Waals surface area contributed by atoms with E-state index in [1.807, 2.05) is 0 Å². The van der Waals surface area contributed by atoms with E-state index in [4.69, 9.17) is 23.2 Å². The van der Waals surface area contributed by atoms with Gasteiger partial charge in [-0.05, 0) is 63.6 Å². The molecule has 1 heterocycles. The fourth-order valence-electron chi connectivity index (χ4n) is 3.20. The molecule has 2 N–H and O–H groups in total. The molecule has 10 heteroatoms. The number of benzene rings is 2. The van der Waals surface area contributed by atoms with Gasteiger partial charge in [-0.15, -0.1) is 0 Å². The van der Waals surface area contributed by atoms with Crippen molar-refractivity contribution >= 4 is 56.4 Å². The summed E-state index contributed by atoms with van der Waals surface area (Å²) < 4.78 is 27.9. The van der Waals surface area contributed by atoms with Gasteiger partial charge in [0.2, 0.25) is 15.9 Å². The lowest BCUT2D eigenvalue weighted by molar-refractivity contribution is -0.117. The first-order valence-electron chi connectivity index (χ1n) is 9.62. The van der Waals surface area contributed by atoms with Gasteiger partial charge in [0.05, 0.1) is 15.7 Å². The highest BCUT2D eigenvalue weighted by Gasteiger charge is 2.26. The highest BCUT2D eigenvalue weighted by atomic mass is 35.5. The Kier molecular flexibility index (Phi) is 6.67. The molecule has 0 bridgehead atoms. The molecule has 0 unspecified atom stereocenters. The minimum atomic E-state index is -3.94. The van der Waals surface area contributed by atoms with Crippen LogP contribution in [0.4, 0.5) is 11.4 Å². The second-order valence-corrected chi connectivity index (χ2v) is 10.7. The minimum Gasteiger partial charge on any atom is -0.321 e. The summed E-state index contributed by atoms with van der Waals surface area (Å²) >= 11 is 12.3. The Morgan fingerprint density at radius 3 is 2.35 bits per heavy atom. The van der Waals surface area contributed by atoms with Crippen LogP contribution in [0.1, 0.15) is 44.0 Å². The Hall–Kier alpha value is -2.13. The zero-order valence-electron chi connectivity index (χ0n) is 17.3. The number of rotatable bonds is 5. The molecule has 7 nitrogen and oxygen atoms in total. The number of amides is 2. The first-order valence-corrected chi connectivity index (χ1v) is 11.9. The van der Waals surface area contributed by atoms with Gasteiger partial charge in [0.1, 0.15) is 4.90 Å². The Labute approximate surface area is 191 Å². The van der Waals surface area contributed by atoms with Crippen molar-refractivity contribution in [1.82, 2.24) is 4.72 Å².